The van der Waals surface area contributed by atoms with Crippen molar-refractivity contribution in [1.82, 2.24) is 5.32 Å². The number of benzene rings is 1. The zero-order valence-electron chi connectivity index (χ0n) is 18.8. The molecule has 0 aliphatic rings. The number of amides is 1. The van der Waals surface area contributed by atoms with Crippen LogP contribution < -0.4 is 8.38 Å². The summed E-state index contributed by atoms with van der Waals surface area (Å²) in [6.07, 6.45) is 21.8. The van der Waals surface area contributed by atoms with Gasteiger partial charge in [-0.25, -0.2) is 0 Å². The van der Waals surface area contributed by atoms with Crippen LogP contribution in [0.15, 0.2) is 18.2 Å². The van der Waals surface area contributed by atoms with Gasteiger partial charge in [0.15, 0.2) is 28.8 Å². The molecule has 0 unspecified atom stereocenters. The summed E-state index contributed by atoms with van der Waals surface area (Å²) < 4.78 is 6.29. The summed E-state index contributed by atoms with van der Waals surface area (Å²) in [6.45, 7) is 3.02. The Morgan fingerprint density at radius 1 is 0.800 bits per heavy atom. The predicted molar refractivity (Wildman–Crippen MR) is 146 cm³/mol. The maximum Gasteiger partial charge on any atom is 0.255 e. The number of para-hydroxylation sites is 1. The Balaban J connectivity index is 1.89. The summed E-state index contributed by atoms with van der Waals surface area (Å²) in [6, 6.07) is 5.66. The van der Waals surface area contributed by atoms with Crippen LogP contribution in [-0.2, 0) is 0 Å². The zero-order chi connectivity index (χ0) is 21.9. The zero-order valence-corrected chi connectivity index (χ0v) is 23.1. The van der Waals surface area contributed by atoms with E-state index in [2.05, 4.69) is 34.8 Å². The molecule has 5 heteroatoms. The van der Waals surface area contributed by atoms with E-state index in [9.17, 15) is 4.79 Å². The van der Waals surface area contributed by atoms with Crippen molar-refractivity contribution in [2.24, 2.45) is 0 Å². The Labute approximate surface area is 212 Å². The highest BCUT2D eigenvalue weighted by Gasteiger charge is 2.14. The van der Waals surface area contributed by atoms with Gasteiger partial charge in [-0.1, -0.05) is 109 Å². The number of halogens is 2. The van der Waals surface area contributed by atoms with Crippen molar-refractivity contribution in [2.75, 3.05) is 6.54 Å². The van der Waals surface area contributed by atoms with E-state index in [-0.39, 0.29) is 5.91 Å². The quantitative estimate of drug-likeness (QED) is 0.121. The molecule has 0 aliphatic heterocycles. The average Bonchev–Trinajstić information content (AvgIpc) is 2.75. The molecule has 1 amide bonds. The van der Waals surface area contributed by atoms with Crippen LogP contribution in [0.1, 0.15) is 120 Å². The molecule has 0 atom stereocenters. The van der Waals surface area contributed by atoms with Crippen LogP contribution in [-0.4, -0.2) is 12.5 Å². The van der Waals surface area contributed by atoms with Gasteiger partial charge in [0.1, 0.15) is 0 Å². The normalized spacial score (nSPS) is 10.9. The molecular formula is C25H41I2NO2. The standard InChI is InChI=1S/C25H41I2NO2/c1-2-3-4-5-6-7-8-9-10-11-12-13-14-15-16-17-21-28-25(29)22-19-18-20-23(26)24(22)30-27/h18-20H,2-17,21H2,1H3,(H,28,29). The summed E-state index contributed by atoms with van der Waals surface area (Å²) in [5.74, 6) is 0.615. The van der Waals surface area contributed by atoms with E-state index >= 15 is 0 Å². The second-order valence-corrected chi connectivity index (χ2v) is 9.86. The Hall–Kier alpha value is -0.0500. The van der Waals surface area contributed by atoms with Crippen molar-refractivity contribution >= 4 is 51.5 Å². The van der Waals surface area contributed by atoms with Crippen molar-refractivity contribution in [2.45, 2.75) is 110 Å². The van der Waals surface area contributed by atoms with E-state index in [0.29, 0.717) is 11.3 Å². The lowest BCUT2D eigenvalue weighted by Gasteiger charge is -2.09. The Kier molecular flexibility index (Phi) is 18.3. The smallest absolute Gasteiger partial charge is 0.255 e. The molecule has 0 aromatic heterocycles. The fourth-order valence-corrected chi connectivity index (χ4v) is 5.24. The number of unbranched alkanes of at least 4 members (excludes halogenated alkanes) is 15. The summed E-state index contributed by atoms with van der Waals surface area (Å²) in [5, 5.41) is 3.02. The third kappa shape index (κ3) is 13.4. The van der Waals surface area contributed by atoms with Crippen molar-refractivity contribution < 1.29 is 7.86 Å². The molecule has 1 aromatic rings. The van der Waals surface area contributed by atoms with Crippen molar-refractivity contribution in [3.63, 3.8) is 0 Å². The maximum atomic E-state index is 12.3. The molecular weight excluding hydrogens is 600 g/mol. The van der Waals surface area contributed by atoms with E-state index < -0.39 is 0 Å². The number of hydrogen-bond donors (Lipinski definition) is 1. The molecule has 0 heterocycles. The second-order valence-electron chi connectivity index (χ2n) is 8.25. The van der Waals surface area contributed by atoms with Crippen LogP contribution in [0.4, 0.5) is 0 Å². The first-order valence-electron chi connectivity index (χ1n) is 12.1. The van der Waals surface area contributed by atoms with Crippen LogP contribution in [0, 0.1) is 3.57 Å². The molecule has 0 spiro atoms. The van der Waals surface area contributed by atoms with Gasteiger partial charge in [-0.15, -0.1) is 0 Å². The summed E-state index contributed by atoms with van der Waals surface area (Å²) in [7, 11) is 0. The van der Waals surface area contributed by atoms with Gasteiger partial charge in [-0.3, -0.25) is 4.79 Å². The fourth-order valence-electron chi connectivity index (χ4n) is 3.74. The van der Waals surface area contributed by atoms with E-state index in [1.54, 1.807) is 0 Å². The van der Waals surface area contributed by atoms with E-state index in [1.165, 1.54) is 96.3 Å². The number of hydrogen-bond acceptors (Lipinski definition) is 2. The Bertz CT molecular complexity index is 566. The third-order valence-electron chi connectivity index (χ3n) is 5.60. The maximum absolute atomic E-state index is 12.3. The molecule has 172 valence electrons. The second kappa shape index (κ2) is 19.6. The molecule has 1 rings (SSSR count). The minimum atomic E-state index is -0.0406. The number of nitrogens with one attached hydrogen (secondary N) is 1. The highest BCUT2D eigenvalue weighted by molar-refractivity contribution is 14.1. The fraction of sp³-hybridized carbons (Fsp3) is 0.720. The monoisotopic (exact) mass is 641 g/mol. The van der Waals surface area contributed by atoms with Gasteiger partial charge in [0, 0.05) is 6.54 Å². The minimum Gasteiger partial charge on any atom is -0.426 e. The topological polar surface area (TPSA) is 38.3 Å². The highest BCUT2D eigenvalue weighted by atomic mass is 127. The van der Waals surface area contributed by atoms with Crippen molar-refractivity contribution in [3.8, 4) is 5.75 Å². The minimum absolute atomic E-state index is 0.0406. The molecule has 30 heavy (non-hydrogen) atoms. The number of carbonyl (C=O) groups is 1. The molecule has 0 radical (unpaired) electrons. The van der Waals surface area contributed by atoms with Gasteiger partial charge in [0.2, 0.25) is 0 Å². The molecule has 0 bridgehead atoms. The summed E-state index contributed by atoms with van der Waals surface area (Å²) in [5.41, 5.74) is 0.618. The number of rotatable bonds is 19. The Morgan fingerprint density at radius 3 is 1.73 bits per heavy atom. The third-order valence-corrected chi connectivity index (χ3v) is 6.89. The van der Waals surface area contributed by atoms with Gasteiger partial charge in [0.05, 0.1) is 9.13 Å². The molecule has 0 saturated heterocycles. The lowest BCUT2D eigenvalue weighted by molar-refractivity contribution is 0.0951. The summed E-state index contributed by atoms with van der Waals surface area (Å²) >= 11 is 4.03. The van der Waals surface area contributed by atoms with E-state index in [0.717, 1.165) is 16.5 Å². The van der Waals surface area contributed by atoms with Crippen LogP contribution in [0.3, 0.4) is 0 Å². The molecule has 0 fully saturated rings. The molecule has 1 N–H and O–H groups in total. The van der Waals surface area contributed by atoms with Gasteiger partial charge in [-0.05, 0) is 41.1 Å². The van der Waals surface area contributed by atoms with Crippen molar-refractivity contribution in [1.29, 1.82) is 0 Å². The van der Waals surface area contributed by atoms with Crippen molar-refractivity contribution in [3.05, 3.63) is 27.3 Å². The SMILES string of the molecule is CCCCCCCCCCCCCCCCCCNC(=O)c1cccc(I)c1OI. The lowest BCUT2D eigenvalue weighted by Crippen LogP contribution is -2.24. The van der Waals surface area contributed by atoms with Crippen LogP contribution in [0.2, 0.25) is 0 Å². The lowest BCUT2D eigenvalue weighted by atomic mass is 10.0. The first kappa shape index (κ1) is 28.0. The first-order valence-corrected chi connectivity index (χ1v) is 14.0. The van der Waals surface area contributed by atoms with E-state index in [4.69, 9.17) is 3.07 Å². The van der Waals surface area contributed by atoms with Crippen LogP contribution in [0.25, 0.3) is 0 Å². The van der Waals surface area contributed by atoms with Gasteiger partial charge >= 0.3 is 0 Å². The molecule has 0 saturated carbocycles. The predicted octanol–water partition coefficient (Wildman–Crippen LogP) is 9.01. The largest absolute Gasteiger partial charge is 0.426 e. The Morgan fingerprint density at radius 2 is 1.27 bits per heavy atom. The first-order chi connectivity index (χ1) is 14.7. The average molecular weight is 641 g/mol. The number of carbonyl (C=O) groups excluding carboxylic acids is 1. The summed E-state index contributed by atoms with van der Waals surface area (Å²) in [4.78, 5) is 12.3. The van der Waals surface area contributed by atoms with E-state index in [1.807, 2.05) is 41.2 Å². The molecule has 3 nitrogen and oxygen atoms in total. The molecule has 0 aliphatic carbocycles. The highest BCUT2D eigenvalue weighted by Crippen LogP contribution is 2.27. The van der Waals surface area contributed by atoms with Gasteiger partial charge in [0.25, 0.3) is 5.91 Å². The van der Waals surface area contributed by atoms with Crippen LogP contribution in [0.5, 0.6) is 5.75 Å². The van der Waals surface area contributed by atoms with Gasteiger partial charge < -0.3 is 8.38 Å². The van der Waals surface area contributed by atoms with Crippen LogP contribution >= 0.6 is 45.6 Å². The van der Waals surface area contributed by atoms with Gasteiger partial charge in [-0.2, -0.15) is 0 Å². The molecule has 1 aromatic carbocycles.